The van der Waals surface area contributed by atoms with E-state index in [1.165, 1.54) is 0 Å². The van der Waals surface area contributed by atoms with Crippen molar-refractivity contribution in [3.63, 3.8) is 0 Å². The molecule has 0 radical (unpaired) electrons. The highest BCUT2D eigenvalue weighted by Crippen LogP contribution is 2.35. The van der Waals surface area contributed by atoms with Crippen molar-refractivity contribution in [2.45, 2.75) is 45.1 Å². The monoisotopic (exact) mass is 218 g/mol. The average Bonchev–Trinajstić information content (AvgIpc) is 3.01. The number of rotatable bonds is 3. The van der Waals surface area contributed by atoms with Gasteiger partial charge in [0.1, 0.15) is 12.0 Å². The highest BCUT2D eigenvalue weighted by Gasteiger charge is 2.27. The number of benzene rings is 1. The highest BCUT2D eigenvalue weighted by molar-refractivity contribution is 5.76. The Hall–Kier alpha value is -1.31. The van der Waals surface area contributed by atoms with E-state index in [0.717, 1.165) is 30.4 Å². The zero-order chi connectivity index (χ0) is 11.8. The quantitative estimate of drug-likeness (QED) is 0.727. The van der Waals surface area contributed by atoms with Crippen molar-refractivity contribution in [1.82, 2.24) is 0 Å². The summed E-state index contributed by atoms with van der Waals surface area (Å²) in [7, 11) is 0. The second-order valence-corrected chi connectivity index (χ2v) is 5.44. The highest BCUT2D eigenvalue weighted by atomic mass is 16.5. The molecular formula is C14H18O2. The fourth-order valence-corrected chi connectivity index (χ4v) is 1.68. The normalized spacial score (nSPS) is 15.9. The molecule has 0 atom stereocenters. The number of hydrogen-bond acceptors (Lipinski definition) is 2. The minimum Gasteiger partial charge on any atom is -0.490 e. The molecule has 0 amide bonds. The van der Waals surface area contributed by atoms with Gasteiger partial charge in [-0.3, -0.25) is 4.79 Å². The molecule has 1 aromatic rings. The maximum atomic E-state index is 10.8. The molecule has 1 aliphatic rings. The largest absolute Gasteiger partial charge is 0.490 e. The Morgan fingerprint density at radius 1 is 1.31 bits per heavy atom. The van der Waals surface area contributed by atoms with E-state index in [1.807, 2.05) is 18.2 Å². The van der Waals surface area contributed by atoms with Crippen LogP contribution < -0.4 is 4.74 Å². The number of carbonyl (C=O) groups is 1. The Kier molecular flexibility index (Phi) is 2.75. The van der Waals surface area contributed by atoms with Gasteiger partial charge in [0.05, 0.1) is 6.10 Å². The van der Waals surface area contributed by atoms with Crippen LogP contribution in [-0.2, 0) is 5.41 Å². The van der Waals surface area contributed by atoms with Crippen molar-refractivity contribution in [2.75, 3.05) is 0 Å². The van der Waals surface area contributed by atoms with Gasteiger partial charge in [0.15, 0.2) is 0 Å². The average molecular weight is 218 g/mol. The first-order valence-electron chi connectivity index (χ1n) is 5.77. The fraction of sp³-hybridized carbons (Fsp3) is 0.500. The molecule has 16 heavy (non-hydrogen) atoms. The second kappa shape index (κ2) is 3.93. The first-order chi connectivity index (χ1) is 7.50. The van der Waals surface area contributed by atoms with Crippen LogP contribution in [0.3, 0.4) is 0 Å². The first kappa shape index (κ1) is 11.2. The molecule has 2 rings (SSSR count). The molecule has 1 aliphatic carbocycles. The number of ether oxygens (including phenoxy) is 1. The van der Waals surface area contributed by atoms with Crippen molar-refractivity contribution in [1.29, 1.82) is 0 Å². The summed E-state index contributed by atoms with van der Waals surface area (Å²) in [6, 6.07) is 5.67. The molecule has 1 saturated carbocycles. The molecule has 1 fully saturated rings. The minimum atomic E-state index is 0.00322. The maximum absolute atomic E-state index is 10.8. The molecule has 1 aromatic carbocycles. The molecule has 0 N–H and O–H groups in total. The van der Waals surface area contributed by atoms with Gasteiger partial charge in [0.25, 0.3) is 0 Å². The molecule has 2 nitrogen and oxygen atoms in total. The Labute approximate surface area is 96.6 Å². The van der Waals surface area contributed by atoms with Gasteiger partial charge in [-0.25, -0.2) is 0 Å². The predicted molar refractivity (Wildman–Crippen MR) is 64.2 cm³/mol. The summed E-state index contributed by atoms with van der Waals surface area (Å²) in [4.78, 5) is 10.8. The van der Waals surface area contributed by atoms with Crippen molar-refractivity contribution in [3.8, 4) is 5.75 Å². The molecule has 0 spiro atoms. The lowest BCUT2D eigenvalue weighted by Crippen LogP contribution is -2.14. The summed E-state index contributed by atoms with van der Waals surface area (Å²) in [5, 5.41) is 0. The summed E-state index contributed by atoms with van der Waals surface area (Å²) < 4.78 is 5.87. The van der Waals surface area contributed by atoms with Crippen molar-refractivity contribution in [3.05, 3.63) is 29.3 Å². The topological polar surface area (TPSA) is 26.3 Å². The lowest BCUT2D eigenvalue weighted by atomic mass is 9.85. The third-order valence-corrected chi connectivity index (χ3v) is 2.77. The predicted octanol–water partition coefficient (Wildman–Crippen LogP) is 3.34. The van der Waals surface area contributed by atoms with Gasteiger partial charge >= 0.3 is 0 Å². The molecule has 0 heterocycles. The number of hydrogen-bond donors (Lipinski definition) is 0. The van der Waals surface area contributed by atoms with E-state index in [2.05, 4.69) is 20.8 Å². The van der Waals surface area contributed by atoms with Gasteiger partial charge in [-0.1, -0.05) is 20.8 Å². The van der Waals surface area contributed by atoms with Gasteiger partial charge < -0.3 is 4.74 Å². The van der Waals surface area contributed by atoms with Gasteiger partial charge in [-0.2, -0.15) is 0 Å². The number of aldehydes is 1. The minimum absolute atomic E-state index is 0.00322. The summed E-state index contributed by atoms with van der Waals surface area (Å²) in [6.07, 6.45) is 3.58. The van der Waals surface area contributed by atoms with Crippen LogP contribution in [0.1, 0.15) is 49.5 Å². The molecule has 86 valence electrons. The lowest BCUT2D eigenvalue weighted by molar-refractivity contribution is 0.112. The van der Waals surface area contributed by atoms with Crippen LogP contribution >= 0.6 is 0 Å². The molecule has 0 unspecified atom stereocenters. The summed E-state index contributed by atoms with van der Waals surface area (Å²) in [5.41, 5.74) is 1.83. The Morgan fingerprint density at radius 3 is 2.50 bits per heavy atom. The van der Waals surface area contributed by atoms with Crippen LogP contribution in [0.25, 0.3) is 0 Å². The van der Waals surface area contributed by atoms with E-state index in [4.69, 9.17) is 4.74 Å². The third-order valence-electron chi connectivity index (χ3n) is 2.77. The van der Waals surface area contributed by atoms with E-state index in [9.17, 15) is 4.79 Å². The van der Waals surface area contributed by atoms with E-state index in [1.54, 1.807) is 0 Å². The fourth-order valence-electron chi connectivity index (χ4n) is 1.68. The van der Waals surface area contributed by atoms with Crippen LogP contribution in [0.2, 0.25) is 0 Å². The van der Waals surface area contributed by atoms with Gasteiger partial charge in [0, 0.05) is 11.1 Å². The van der Waals surface area contributed by atoms with Gasteiger partial charge in [-0.15, -0.1) is 0 Å². The SMILES string of the molecule is CC(C)(C)c1cc(C=O)ccc1OC1CC1. The van der Waals surface area contributed by atoms with E-state index in [-0.39, 0.29) is 5.41 Å². The second-order valence-electron chi connectivity index (χ2n) is 5.44. The molecule has 0 saturated heterocycles. The molecular weight excluding hydrogens is 200 g/mol. The molecule has 0 bridgehead atoms. The van der Waals surface area contributed by atoms with Crippen LogP contribution in [0, 0.1) is 0 Å². The van der Waals surface area contributed by atoms with Crippen molar-refractivity contribution < 1.29 is 9.53 Å². The Balaban J connectivity index is 2.37. The summed E-state index contributed by atoms with van der Waals surface area (Å²) in [5.74, 6) is 0.931. The number of carbonyl (C=O) groups excluding carboxylic acids is 1. The Bertz CT molecular complexity index is 398. The zero-order valence-electron chi connectivity index (χ0n) is 10.1. The molecule has 2 heteroatoms. The third kappa shape index (κ3) is 2.43. The summed E-state index contributed by atoms with van der Waals surface area (Å²) in [6.45, 7) is 6.41. The standard InChI is InChI=1S/C14H18O2/c1-14(2,3)12-8-10(9-15)4-7-13(12)16-11-5-6-11/h4,7-9,11H,5-6H2,1-3H3. The van der Waals surface area contributed by atoms with Gasteiger partial charge in [-0.05, 0) is 36.5 Å². The van der Waals surface area contributed by atoms with E-state index in [0.29, 0.717) is 11.7 Å². The summed E-state index contributed by atoms with van der Waals surface area (Å²) >= 11 is 0. The van der Waals surface area contributed by atoms with E-state index < -0.39 is 0 Å². The van der Waals surface area contributed by atoms with Crippen LogP contribution in [0.5, 0.6) is 5.75 Å². The van der Waals surface area contributed by atoms with Crippen molar-refractivity contribution in [2.24, 2.45) is 0 Å². The smallest absolute Gasteiger partial charge is 0.150 e. The molecule has 0 aliphatic heterocycles. The maximum Gasteiger partial charge on any atom is 0.150 e. The van der Waals surface area contributed by atoms with Crippen LogP contribution in [0.4, 0.5) is 0 Å². The Morgan fingerprint density at radius 2 is 2.00 bits per heavy atom. The van der Waals surface area contributed by atoms with Crippen molar-refractivity contribution >= 4 is 6.29 Å². The molecule has 0 aromatic heterocycles. The van der Waals surface area contributed by atoms with Crippen LogP contribution in [-0.4, -0.2) is 12.4 Å². The van der Waals surface area contributed by atoms with Gasteiger partial charge in [0.2, 0.25) is 0 Å². The zero-order valence-corrected chi connectivity index (χ0v) is 10.1. The lowest BCUT2D eigenvalue weighted by Gasteiger charge is -2.23. The first-order valence-corrected chi connectivity index (χ1v) is 5.77. The van der Waals surface area contributed by atoms with Crippen LogP contribution in [0.15, 0.2) is 18.2 Å². The van der Waals surface area contributed by atoms with E-state index >= 15 is 0 Å².